The van der Waals surface area contributed by atoms with Crippen molar-refractivity contribution in [3.05, 3.63) is 11.7 Å². The van der Waals surface area contributed by atoms with Gasteiger partial charge >= 0.3 is 0 Å². The first-order valence-electron chi connectivity index (χ1n) is 8.72. The Morgan fingerprint density at radius 2 is 2.20 bits per heavy atom. The van der Waals surface area contributed by atoms with Crippen molar-refractivity contribution in [2.24, 2.45) is 10.9 Å². The number of ether oxygens (including phenoxy) is 1. The topological polar surface area (TPSA) is 87.8 Å². The highest BCUT2D eigenvalue weighted by molar-refractivity contribution is 14.0. The van der Waals surface area contributed by atoms with Gasteiger partial charge in [0.15, 0.2) is 11.8 Å². The number of rotatable bonds is 7. The lowest BCUT2D eigenvalue weighted by Crippen LogP contribution is -2.50. The highest BCUT2D eigenvalue weighted by Crippen LogP contribution is 2.07. The Labute approximate surface area is 167 Å². The summed E-state index contributed by atoms with van der Waals surface area (Å²) in [6.07, 6.45) is 0.173. The summed E-state index contributed by atoms with van der Waals surface area (Å²) in [5.41, 5.74) is 0. The first-order valence-corrected chi connectivity index (χ1v) is 8.72. The normalized spacial score (nSPS) is 18.9. The van der Waals surface area contributed by atoms with E-state index in [1.54, 1.807) is 6.92 Å². The number of aryl methyl sites for hydroxylation is 1. The van der Waals surface area contributed by atoms with Crippen molar-refractivity contribution >= 4 is 29.9 Å². The van der Waals surface area contributed by atoms with E-state index in [4.69, 9.17) is 9.26 Å². The Balaban J connectivity index is 0.00000312. The third kappa shape index (κ3) is 8.32. The van der Waals surface area contributed by atoms with Gasteiger partial charge in [0.05, 0.1) is 12.7 Å². The maximum absolute atomic E-state index is 5.86. The van der Waals surface area contributed by atoms with Crippen LogP contribution in [-0.2, 0) is 11.3 Å². The SMILES string of the molecule is CCNC(=NCc1nc(C)no1)NCC1CN(CC(C)C)CCO1.I. The molecule has 0 spiro atoms. The average molecular weight is 466 g/mol. The maximum atomic E-state index is 5.86. The molecule has 0 saturated carbocycles. The van der Waals surface area contributed by atoms with Crippen molar-refractivity contribution in [2.75, 3.05) is 39.3 Å². The second-order valence-corrected chi connectivity index (χ2v) is 6.46. The van der Waals surface area contributed by atoms with E-state index in [1.807, 2.05) is 6.92 Å². The first-order chi connectivity index (χ1) is 11.6. The molecule has 1 aliphatic heterocycles. The largest absolute Gasteiger partial charge is 0.374 e. The van der Waals surface area contributed by atoms with Crippen molar-refractivity contribution < 1.29 is 9.26 Å². The van der Waals surface area contributed by atoms with Gasteiger partial charge in [0.1, 0.15) is 6.54 Å². The number of morpholine rings is 1. The van der Waals surface area contributed by atoms with Gasteiger partial charge in [0.2, 0.25) is 5.89 Å². The quantitative estimate of drug-likeness (QED) is 0.357. The lowest BCUT2D eigenvalue weighted by Gasteiger charge is -2.34. The van der Waals surface area contributed by atoms with Gasteiger partial charge in [-0.2, -0.15) is 4.98 Å². The van der Waals surface area contributed by atoms with Gasteiger partial charge in [-0.15, -0.1) is 24.0 Å². The molecule has 1 atom stereocenters. The van der Waals surface area contributed by atoms with Crippen LogP contribution in [0.3, 0.4) is 0 Å². The number of nitrogens with zero attached hydrogens (tertiary/aromatic N) is 4. The zero-order valence-corrected chi connectivity index (χ0v) is 17.9. The van der Waals surface area contributed by atoms with Gasteiger partial charge in [-0.25, -0.2) is 4.99 Å². The average Bonchev–Trinajstić information content (AvgIpc) is 2.95. The molecule has 9 heteroatoms. The number of guanidine groups is 1. The molecule has 1 aliphatic rings. The van der Waals surface area contributed by atoms with Crippen LogP contribution in [0, 0.1) is 12.8 Å². The van der Waals surface area contributed by atoms with Crippen LogP contribution in [0.1, 0.15) is 32.5 Å². The minimum absolute atomic E-state index is 0. The molecule has 0 radical (unpaired) electrons. The van der Waals surface area contributed by atoms with Gasteiger partial charge in [0.25, 0.3) is 0 Å². The zero-order chi connectivity index (χ0) is 17.4. The van der Waals surface area contributed by atoms with Gasteiger partial charge in [-0.1, -0.05) is 19.0 Å². The smallest absolute Gasteiger partial charge is 0.248 e. The predicted molar refractivity (Wildman–Crippen MR) is 108 cm³/mol. The third-order valence-corrected chi connectivity index (χ3v) is 3.63. The summed E-state index contributed by atoms with van der Waals surface area (Å²) in [4.78, 5) is 11.1. The second-order valence-electron chi connectivity index (χ2n) is 6.46. The number of aliphatic imine (C=N–C) groups is 1. The van der Waals surface area contributed by atoms with Crippen LogP contribution >= 0.6 is 24.0 Å². The summed E-state index contributed by atoms with van der Waals surface area (Å²) in [6.45, 7) is 14.1. The molecule has 1 fully saturated rings. The fourth-order valence-electron chi connectivity index (χ4n) is 2.69. The summed E-state index contributed by atoms with van der Waals surface area (Å²) in [5.74, 6) is 2.55. The highest BCUT2D eigenvalue weighted by atomic mass is 127. The van der Waals surface area contributed by atoms with Crippen molar-refractivity contribution in [3.63, 3.8) is 0 Å². The molecule has 1 unspecified atom stereocenters. The highest BCUT2D eigenvalue weighted by Gasteiger charge is 2.21. The van der Waals surface area contributed by atoms with Gasteiger partial charge in [-0.3, -0.25) is 4.90 Å². The van der Waals surface area contributed by atoms with E-state index in [2.05, 4.69) is 44.5 Å². The van der Waals surface area contributed by atoms with Crippen LogP contribution in [0.25, 0.3) is 0 Å². The van der Waals surface area contributed by atoms with E-state index in [0.717, 1.165) is 45.3 Å². The Bertz CT molecular complexity index is 522. The minimum Gasteiger partial charge on any atom is -0.374 e. The molecule has 1 aromatic heterocycles. The number of hydrogen-bond donors (Lipinski definition) is 2. The van der Waals surface area contributed by atoms with Gasteiger partial charge in [0, 0.05) is 32.7 Å². The Morgan fingerprint density at radius 1 is 1.40 bits per heavy atom. The van der Waals surface area contributed by atoms with Crippen LogP contribution in [0.2, 0.25) is 0 Å². The first kappa shape index (κ1) is 22.1. The van der Waals surface area contributed by atoms with E-state index in [0.29, 0.717) is 24.2 Å². The van der Waals surface area contributed by atoms with Gasteiger partial charge < -0.3 is 19.9 Å². The second kappa shape index (κ2) is 11.6. The number of aromatic nitrogens is 2. The lowest BCUT2D eigenvalue weighted by atomic mass is 10.2. The molecule has 25 heavy (non-hydrogen) atoms. The fraction of sp³-hybridized carbons (Fsp3) is 0.812. The predicted octanol–water partition coefficient (Wildman–Crippen LogP) is 1.41. The molecular formula is C16H31IN6O2. The molecule has 2 heterocycles. The zero-order valence-electron chi connectivity index (χ0n) is 15.6. The molecule has 0 bridgehead atoms. The van der Waals surface area contributed by atoms with E-state index >= 15 is 0 Å². The van der Waals surface area contributed by atoms with Crippen LogP contribution < -0.4 is 10.6 Å². The van der Waals surface area contributed by atoms with E-state index in [9.17, 15) is 0 Å². The standard InChI is InChI=1S/C16H30N6O2.HI/c1-5-17-16(19-9-15-20-13(4)21-24-15)18-8-14-11-22(6-7-23-14)10-12(2)3;/h12,14H,5-11H2,1-4H3,(H2,17,18,19);1H. The summed E-state index contributed by atoms with van der Waals surface area (Å²) in [6, 6.07) is 0. The van der Waals surface area contributed by atoms with Crippen LogP contribution in [0.4, 0.5) is 0 Å². The molecule has 2 rings (SSSR count). The summed E-state index contributed by atoms with van der Waals surface area (Å²) >= 11 is 0. The molecular weight excluding hydrogens is 435 g/mol. The Hall–Kier alpha value is -0.940. The Morgan fingerprint density at radius 3 is 2.84 bits per heavy atom. The van der Waals surface area contributed by atoms with Crippen LogP contribution in [-0.4, -0.2) is 66.4 Å². The maximum Gasteiger partial charge on any atom is 0.248 e. The summed E-state index contributed by atoms with van der Waals surface area (Å²) in [7, 11) is 0. The number of halogens is 1. The van der Waals surface area contributed by atoms with E-state index in [1.165, 1.54) is 0 Å². The summed E-state index contributed by atoms with van der Waals surface area (Å²) in [5, 5.41) is 10.3. The molecule has 2 N–H and O–H groups in total. The van der Waals surface area contributed by atoms with Crippen LogP contribution in [0.15, 0.2) is 9.52 Å². The molecule has 1 aromatic rings. The van der Waals surface area contributed by atoms with Crippen molar-refractivity contribution in [3.8, 4) is 0 Å². The van der Waals surface area contributed by atoms with Gasteiger partial charge in [-0.05, 0) is 19.8 Å². The number of nitrogens with one attached hydrogen (secondary N) is 2. The molecule has 8 nitrogen and oxygen atoms in total. The van der Waals surface area contributed by atoms with Crippen LogP contribution in [0.5, 0.6) is 0 Å². The van der Waals surface area contributed by atoms with Crippen molar-refractivity contribution in [1.29, 1.82) is 0 Å². The molecule has 0 amide bonds. The minimum atomic E-state index is 0. The molecule has 0 aromatic carbocycles. The third-order valence-electron chi connectivity index (χ3n) is 3.63. The monoisotopic (exact) mass is 466 g/mol. The molecule has 0 aliphatic carbocycles. The summed E-state index contributed by atoms with van der Waals surface area (Å²) < 4.78 is 10.9. The van der Waals surface area contributed by atoms with E-state index < -0.39 is 0 Å². The Kier molecular flexibility index (Phi) is 10.3. The lowest BCUT2D eigenvalue weighted by molar-refractivity contribution is -0.0284. The van der Waals surface area contributed by atoms with Crippen molar-refractivity contribution in [2.45, 2.75) is 40.3 Å². The molecule has 144 valence electrons. The van der Waals surface area contributed by atoms with Crippen molar-refractivity contribution in [1.82, 2.24) is 25.7 Å². The van der Waals surface area contributed by atoms with E-state index in [-0.39, 0.29) is 30.1 Å². The fourth-order valence-corrected chi connectivity index (χ4v) is 2.69. The molecule has 1 saturated heterocycles. The number of hydrogen-bond acceptors (Lipinski definition) is 6.